The van der Waals surface area contributed by atoms with Gasteiger partial charge < -0.3 is 0 Å². The average Bonchev–Trinajstić information content (AvgIpc) is 2.01. The van der Waals surface area contributed by atoms with Crippen LogP contribution in [0.3, 0.4) is 0 Å². The Morgan fingerprint density at radius 3 is 2.31 bits per heavy atom. The zero-order chi connectivity index (χ0) is 10.0. The molecule has 0 fully saturated rings. The number of rotatable bonds is 2. The highest BCUT2D eigenvalue weighted by molar-refractivity contribution is 6.20. The first-order chi connectivity index (χ1) is 6.00. The third-order valence-electron chi connectivity index (χ3n) is 1.97. The minimum atomic E-state index is -0.207. The predicted octanol–water partition coefficient (Wildman–Crippen LogP) is 4.07. The zero-order valence-corrected chi connectivity index (χ0v) is 8.90. The second-order valence-corrected chi connectivity index (χ2v) is 4.18. The zero-order valence-electron chi connectivity index (χ0n) is 8.14. The van der Waals surface area contributed by atoms with Gasteiger partial charge >= 0.3 is 0 Å². The van der Waals surface area contributed by atoms with Crippen molar-refractivity contribution in [2.45, 2.75) is 26.1 Å². The van der Waals surface area contributed by atoms with E-state index in [0.29, 0.717) is 5.92 Å². The molecule has 0 spiro atoms. The van der Waals surface area contributed by atoms with E-state index in [1.54, 1.807) is 0 Å². The van der Waals surface area contributed by atoms with Gasteiger partial charge in [0.1, 0.15) is 5.82 Å². The summed E-state index contributed by atoms with van der Waals surface area (Å²) in [5.41, 5.74) is 1.79. The molecule has 0 nitrogen and oxygen atoms in total. The molecule has 0 amide bonds. The molecule has 0 bridgehead atoms. The van der Waals surface area contributed by atoms with Crippen LogP contribution in [0.4, 0.5) is 4.39 Å². The Hall–Kier alpha value is -0.560. The van der Waals surface area contributed by atoms with Crippen LogP contribution in [0.2, 0.25) is 0 Å². The van der Waals surface area contributed by atoms with Crippen molar-refractivity contribution in [2.75, 3.05) is 0 Å². The van der Waals surface area contributed by atoms with E-state index in [2.05, 4.69) is 0 Å². The third kappa shape index (κ3) is 2.70. The molecule has 2 heteroatoms. The highest BCUT2D eigenvalue weighted by Gasteiger charge is 2.13. The Bertz CT molecular complexity index is 274. The molecular weight excluding hydrogens is 187 g/mol. The lowest BCUT2D eigenvalue weighted by atomic mass is 10.0. The van der Waals surface area contributed by atoms with Crippen molar-refractivity contribution in [1.29, 1.82) is 0 Å². The molecule has 0 saturated heterocycles. The van der Waals surface area contributed by atoms with E-state index < -0.39 is 0 Å². The molecule has 1 rings (SSSR count). The number of alkyl halides is 1. The van der Waals surface area contributed by atoms with Crippen LogP contribution >= 0.6 is 11.6 Å². The number of halogens is 2. The lowest BCUT2D eigenvalue weighted by Gasteiger charge is -2.14. The Labute approximate surface area is 83.7 Å². The normalized spacial score (nSPS) is 13.4. The van der Waals surface area contributed by atoms with Crippen molar-refractivity contribution in [1.82, 2.24) is 0 Å². The van der Waals surface area contributed by atoms with E-state index >= 15 is 0 Å². The summed E-state index contributed by atoms with van der Waals surface area (Å²) >= 11 is 6.12. The van der Waals surface area contributed by atoms with Crippen LogP contribution in [0.25, 0.3) is 0 Å². The number of aryl methyl sites for hydroxylation is 1. The third-order valence-corrected chi connectivity index (χ3v) is 2.72. The molecule has 13 heavy (non-hydrogen) atoms. The molecule has 0 aliphatic heterocycles. The van der Waals surface area contributed by atoms with Crippen molar-refractivity contribution in [2.24, 2.45) is 5.92 Å². The van der Waals surface area contributed by atoms with Gasteiger partial charge in [0, 0.05) is 0 Å². The van der Waals surface area contributed by atoms with E-state index in [4.69, 9.17) is 11.6 Å². The monoisotopic (exact) mass is 200 g/mol. The maximum absolute atomic E-state index is 13.0. The lowest BCUT2D eigenvalue weighted by Crippen LogP contribution is -2.00. The van der Waals surface area contributed by atoms with Crippen LogP contribution in [0.15, 0.2) is 18.2 Å². The van der Waals surface area contributed by atoms with Gasteiger partial charge in [-0.15, -0.1) is 11.6 Å². The number of benzene rings is 1. The molecule has 0 aromatic heterocycles. The summed E-state index contributed by atoms with van der Waals surface area (Å²) in [6.07, 6.45) is 0. The van der Waals surface area contributed by atoms with E-state index in [0.717, 1.165) is 11.1 Å². The van der Waals surface area contributed by atoms with Crippen molar-refractivity contribution in [3.63, 3.8) is 0 Å². The minimum Gasteiger partial charge on any atom is -0.207 e. The van der Waals surface area contributed by atoms with Crippen LogP contribution in [-0.2, 0) is 0 Å². The fourth-order valence-corrected chi connectivity index (χ4v) is 1.43. The van der Waals surface area contributed by atoms with Crippen LogP contribution in [-0.4, -0.2) is 0 Å². The lowest BCUT2D eigenvalue weighted by molar-refractivity contribution is 0.601. The van der Waals surface area contributed by atoms with E-state index in [9.17, 15) is 4.39 Å². The van der Waals surface area contributed by atoms with Gasteiger partial charge in [0.05, 0.1) is 5.38 Å². The van der Waals surface area contributed by atoms with Crippen molar-refractivity contribution in [3.8, 4) is 0 Å². The topological polar surface area (TPSA) is 0 Å². The largest absolute Gasteiger partial charge is 0.207 e. The van der Waals surface area contributed by atoms with Gasteiger partial charge in [-0.25, -0.2) is 4.39 Å². The molecule has 1 aromatic carbocycles. The molecule has 0 N–H and O–H groups in total. The van der Waals surface area contributed by atoms with Gasteiger partial charge in [0.25, 0.3) is 0 Å². The second-order valence-electron chi connectivity index (χ2n) is 3.71. The molecular formula is C11H14ClF. The highest BCUT2D eigenvalue weighted by atomic mass is 35.5. The van der Waals surface area contributed by atoms with Crippen molar-refractivity contribution >= 4 is 11.6 Å². The molecule has 72 valence electrons. The van der Waals surface area contributed by atoms with E-state index in [-0.39, 0.29) is 11.2 Å². The van der Waals surface area contributed by atoms with E-state index in [1.807, 2.05) is 26.8 Å². The van der Waals surface area contributed by atoms with Crippen LogP contribution in [0.1, 0.15) is 30.4 Å². The maximum atomic E-state index is 13.0. The molecule has 0 aliphatic rings. The molecule has 1 unspecified atom stereocenters. The molecule has 1 atom stereocenters. The summed E-state index contributed by atoms with van der Waals surface area (Å²) in [4.78, 5) is 0. The van der Waals surface area contributed by atoms with Crippen molar-refractivity contribution in [3.05, 3.63) is 35.1 Å². The van der Waals surface area contributed by atoms with Crippen LogP contribution in [0, 0.1) is 18.7 Å². The SMILES string of the molecule is Cc1cc(F)cc(C(Cl)C(C)C)c1. The summed E-state index contributed by atoms with van der Waals surface area (Å²) in [5.74, 6) is 0.115. The van der Waals surface area contributed by atoms with Gasteiger partial charge in [-0.05, 0) is 36.1 Å². The van der Waals surface area contributed by atoms with Gasteiger partial charge in [0.15, 0.2) is 0 Å². The Kier molecular flexibility index (Phi) is 3.32. The summed E-state index contributed by atoms with van der Waals surface area (Å²) in [6, 6.07) is 4.94. The van der Waals surface area contributed by atoms with E-state index in [1.165, 1.54) is 12.1 Å². The van der Waals surface area contributed by atoms with Crippen LogP contribution < -0.4 is 0 Å². The quantitative estimate of drug-likeness (QED) is 0.632. The number of hydrogen-bond acceptors (Lipinski definition) is 0. The fraction of sp³-hybridized carbons (Fsp3) is 0.455. The Morgan fingerprint density at radius 1 is 1.23 bits per heavy atom. The van der Waals surface area contributed by atoms with Gasteiger partial charge in [0.2, 0.25) is 0 Å². The van der Waals surface area contributed by atoms with Crippen LogP contribution in [0.5, 0.6) is 0 Å². The minimum absolute atomic E-state index is 0.102. The second kappa shape index (κ2) is 4.10. The summed E-state index contributed by atoms with van der Waals surface area (Å²) in [5, 5.41) is -0.102. The summed E-state index contributed by atoms with van der Waals surface area (Å²) in [7, 11) is 0. The molecule has 0 heterocycles. The molecule has 0 aliphatic carbocycles. The first-order valence-corrected chi connectivity index (χ1v) is 4.85. The Balaban J connectivity index is 3.01. The first-order valence-electron chi connectivity index (χ1n) is 4.42. The van der Waals surface area contributed by atoms with Crippen molar-refractivity contribution < 1.29 is 4.39 Å². The summed E-state index contributed by atoms with van der Waals surface area (Å²) < 4.78 is 13.0. The Morgan fingerprint density at radius 2 is 1.85 bits per heavy atom. The average molecular weight is 201 g/mol. The smallest absolute Gasteiger partial charge is 0.123 e. The van der Waals surface area contributed by atoms with Gasteiger partial charge in [-0.3, -0.25) is 0 Å². The van der Waals surface area contributed by atoms with Gasteiger partial charge in [-0.1, -0.05) is 19.9 Å². The standard InChI is InChI=1S/C11H14ClF/c1-7(2)11(12)9-4-8(3)5-10(13)6-9/h4-7,11H,1-3H3. The fourth-order valence-electron chi connectivity index (χ4n) is 1.31. The highest BCUT2D eigenvalue weighted by Crippen LogP contribution is 2.29. The molecule has 1 aromatic rings. The number of hydrogen-bond donors (Lipinski definition) is 0. The maximum Gasteiger partial charge on any atom is 0.123 e. The first kappa shape index (κ1) is 10.5. The predicted molar refractivity (Wildman–Crippen MR) is 54.6 cm³/mol. The molecule has 0 saturated carbocycles. The van der Waals surface area contributed by atoms with Gasteiger partial charge in [-0.2, -0.15) is 0 Å². The molecule has 0 radical (unpaired) electrons. The summed E-state index contributed by atoms with van der Waals surface area (Å²) in [6.45, 7) is 5.92.